The maximum absolute atomic E-state index is 13.2. The summed E-state index contributed by atoms with van der Waals surface area (Å²) in [7, 11) is 0. The second-order valence-corrected chi connectivity index (χ2v) is 8.15. The quantitative estimate of drug-likeness (QED) is 0.579. The van der Waals surface area contributed by atoms with Gasteiger partial charge in [0.05, 0.1) is 18.4 Å². The van der Waals surface area contributed by atoms with Gasteiger partial charge in [0.2, 0.25) is 0 Å². The number of hydrogen-bond donors (Lipinski definition) is 2. The number of rotatable bonds is 4. The number of anilines is 1. The molecule has 2 atom stereocenters. The summed E-state index contributed by atoms with van der Waals surface area (Å²) in [5.41, 5.74) is 6.13. The molecule has 0 aromatic carbocycles. The van der Waals surface area contributed by atoms with E-state index in [4.69, 9.17) is 11.1 Å². The van der Waals surface area contributed by atoms with Crippen molar-refractivity contribution in [2.45, 2.75) is 31.1 Å². The van der Waals surface area contributed by atoms with Crippen LogP contribution >= 0.6 is 0 Å². The van der Waals surface area contributed by atoms with Gasteiger partial charge in [0.15, 0.2) is 17.2 Å². The van der Waals surface area contributed by atoms with Crippen LogP contribution in [0.1, 0.15) is 18.5 Å². The van der Waals surface area contributed by atoms with Crippen molar-refractivity contribution in [3.8, 4) is 11.5 Å². The molecule has 2 aliphatic rings. The summed E-state index contributed by atoms with van der Waals surface area (Å²) in [5, 5.41) is 7.75. The monoisotopic (exact) mass is 457 g/mol. The normalized spacial score (nSPS) is 22.0. The number of piperazine rings is 1. The van der Waals surface area contributed by atoms with Crippen LogP contribution in [0.25, 0.3) is 17.2 Å². The van der Waals surface area contributed by atoms with Crippen LogP contribution in [0.5, 0.6) is 0 Å². The summed E-state index contributed by atoms with van der Waals surface area (Å²) in [6.07, 6.45) is 5.34. The van der Waals surface area contributed by atoms with Gasteiger partial charge in [-0.05, 0) is 25.5 Å². The van der Waals surface area contributed by atoms with Gasteiger partial charge >= 0.3 is 6.18 Å². The zero-order valence-corrected chi connectivity index (χ0v) is 17.6. The van der Waals surface area contributed by atoms with E-state index in [1.807, 2.05) is 0 Å². The molecule has 0 aliphatic carbocycles. The number of halogens is 3. The highest BCUT2D eigenvalue weighted by atomic mass is 19.4. The first-order valence-corrected chi connectivity index (χ1v) is 10.6. The Bertz CT molecular complexity index is 1220. The topological polar surface area (TPSA) is 112 Å². The van der Waals surface area contributed by atoms with Crippen LogP contribution in [-0.4, -0.2) is 67.2 Å². The lowest BCUT2D eigenvalue weighted by atomic mass is 10.0. The van der Waals surface area contributed by atoms with Crippen molar-refractivity contribution < 1.29 is 13.2 Å². The SMILES string of the molecule is N=C/C(=C\N)C1CN(c2ccnc(-c3cnc4cnc(C(F)(F)F)cn34)n2)CC2CCCN21. The third kappa shape index (κ3) is 3.80. The third-order valence-corrected chi connectivity index (χ3v) is 6.27. The van der Waals surface area contributed by atoms with Crippen LogP contribution in [0.4, 0.5) is 19.0 Å². The molecule has 0 radical (unpaired) electrons. The van der Waals surface area contributed by atoms with E-state index < -0.39 is 11.9 Å². The summed E-state index contributed by atoms with van der Waals surface area (Å²) in [6.45, 7) is 2.32. The number of nitrogens with one attached hydrogen (secondary N) is 1. The second kappa shape index (κ2) is 8.10. The van der Waals surface area contributed by atoms with Crippen molar-refractivity contribution in [3.63, 3.8) is 0 Å². The minimum atomic E-state index is -4.57. The molecule has 0 bridgehead atoms. The molecule has 0 amide bonds. The van der Waals surface area contributed by atoms with Gasteiger partial charge in [0.1, 0.15) is 11.5 Å². The summed E-state index contributed by atoms with van der Waals surface area (Å²) in [6, 6.07) is 2.07. The van der Waals surface area contributed by atoms with Gasteiger partial charge in [-0.15, -0.1) is 0 Å². The molecular formula is C21H22F3N9. The van der Waals surface area contributed by atoms with Crippen molar-refractivity contribution in [1.82, 2.24) is 29.2 Å². The van der Waals surface area contributed by atoms with Gasteiger partial charge < -0.3 is 16.0 Å². The fourth-order valence-corrected chi connectivity index (χ4v) is 4.70. The predicted molar refractivity (Wildman–Crippen MR) is 116 cm³/mol. The first-order valence-electron chi connectivity index (χ1n) is 10.6. The molecule has 5 rings (SSSR count). The number of imidazole rings is 1. The maximum Gasteiger partial charge on any atom is 0.434 e. The van der Waals surface area contributed by atoms with Crippen molar-refractivity contribution in [2.75, 3.05) is 24.5 Å². The van der Waals surface area contributed by atoms with Crippen molar-refractivity contribution in [1.29, 1.82) is 5.41 Å². The Morgan fingerprint density at radius 3 is 2.79 bits per heavy atom. The van der Waals surface area contributed by atoms with E-state index in [0.29, 0.717) is 24.1 Å². The van der Waals surface area contributed by atoms with Gasteiger partial charge in [0, 0.05) is 49.5 Å². The largest absolute Gasteiger partial charge is 0.434 e. The molecule has 9 nitrogen and oxygen atoms in total. The molecule has 3 aromatic heterocycles. The number of hydrogen-bond acceptors (Lipinski definition) is 8. The lowest BCUT2D eigenvalue weighted by molar-refractivity contribution is -0.141. The first kappa shape index (κ1) is 21.3. The Morgan fingerprint density at radius 1 is 1.18 bits per heavy atom. The van der Waals surface area contributed by atoms with Crippen molar-refractivity contribution in [2.24, 2.45) is 5.73 Å². The Balaban J connectivity index is 1.50. The third-order valence-electron chi connectivity index (χ3n) is 6.27. The number of nitrogens with zero attached hydrogens (tertiary/aromatic N) is 7. The zero-order valence-electron chi connectivity index (χ0n) is 17.6. The van der Waals surface area contributed by atoms with Crippen LogP contribution < -0.4 is 10.6 Å². The lowest BCUT2D eigenvalue weighted by Crippen LogP contribution is -2.57. The molecule has 2 aliphatic heterocycles. The zero-order chi connectivity index (χ0) is 23.2. The Morgan fingerprint density at radius 2 is 2.03 bits per heavy atom. The molecular weight excluding hydrogens is 435 g/mol. The molecule has 172 valence electrons. The molecule has 0 saturated carbocycles. The van der Waals surface area contributed by atoms with E-state index in [9.17, 15) is 13.2 Å². The highest BCUT2D eigenvalue weighted by Gasteiger charge is 2.39. The molecule has 2 fully saturated rings. The van der Waals surface area contributed by atoms with E-state index in [0.717, 1.165) is 43.9 Å². The highest BCUT2D eigenvalue weighted by Crippen LogP contribution is 2.32. The number of aromatic nitrogens is 5. The van der Waals surface area contributed by atoms with E-state index in [2.05, 4.69) is 29.7 Å². The fourth-order valence-electron chi connectivity index (χ4n) is 4.70. The van der Waals surface area contributed by atoms with Crippen LogP contribution in [0.15, 0.2) is 42.6 Å². The molecule has 2 saturated heterocycles. The van der Waals surface area contributed by atoms with E-state index in [1.165, 1.54) is 23.0 Å². The average molecular weight is 457 g/mol. The summed E-state index contributed by atoms with van der Waals surface area (Å²) in [4.78, 5) is 21.1. The standard InChI is InChI=1S/C21H22F3N9/c22-21(23,24)17-12-33-15(8-29-19(33)9-28-17)20-27-4-3-18(30-20)31-10-14-2-1-5-32(14)16(11-31)13(6-25)7-26/h3-4,6-9,12,14,16,25H,1-2,5,10-11,26H2/b13-7+,25-6?. The summed E-state index contributed by atoms with van der Waals surface area (Å²) in [5.74, 6) is 0.935. The van der Waals surface area contributed by atoms with E-state index in [-0.39, 0.29) is 17.5 Å². The summed E-state index contributed by atoms with van der Waals surface area (Å²) >= 11 is 0. The molecule has 2 unspecified atom stereocenters. The number of nitrogens with two attached hydrogens (primary N) is 1. The molecule has 5 heterocycles. The minimum Gasteiger partial charge on any atom is -0.404 e. The smallest absolute Gasteiger partial charge is 0.404 e. The molecule has 3 N–H and O–H groups in total. The second-order valence-electron chi connectivity index (χ2n) is 8.15. The van der Waals surface area contributed by atoms with Gasteiger partial charge in [0.25, 0.3) is 0 Å². The van der Waals surface area contributed by atoms with Gasteiger partial charge in [-0.2, -0.15) is 13.2 Å². The molecule has 33 heavy (non-hydrogen) atoms. The van der Waals surface area contributed by atoms with Crippen molar-refractivity contribution in [3.05, 3.63) is 48.3 Å². The number of fused-ring (bicyclic) bond motifs is 2. The van der Waals surface area contributed by atoms with Gasteiger partial charge in [-0.3, -0.25) is 9.30 Å². The van der Waals surface area contributed by atoms with Crippen LogP contribution in [0.2, 0.25) is 0 Å². The highest BCUT2D eigenvalue weighted by molar-refractivity contribution is 5.77. The molecule has 0 spiro atoms. The fraction of sp³-hybridized carbons (Fsp3) is 0.381. The molecule has 12 heteroatoms. The summed E-state index contributed by atoms with van der Waals surface area (Å²) < 4.78 is 40.8. The van der Waals surface area contributed by atoms with Crippen LogP contribution in [-0.2, 0) is 6.18 Å². The van der Waals surface area contributed by atoms with Gasteiger partial charge in [-0.1, -0.05) is 0 Å². The van der Waals surface area contributed by atoms with E-state index >= 15 is 0 Å². The van der Waals surface area contributed by atoms with E-state index in [1.54, 1.807) is 12.3 Å². The van der Waals surface area contributed by atoms with Crippen molar-refractivity contribution >= 4 is 17.7 Å². The Hall–Kier alpha value is -3.54. The van der Waals surface area contributed by atoms with Crippen LogP contribution in [0, 0.1) is 5.41 Å². The first-order chi connectivity index (χ1) is 15.9. The van der Waals surface area contributed by atoms with Crippen LogP contribution in [0.3, 0.4) is 0 Å². The lowest BCUT2D eigenvalue weighted by Gasteiger charge is -2.44. The predicted octanol–water partition coefficient (Wildman–Crippen LogP) is 2.35. The van der Waals surface area contributed by atoms with Gasteiger partial charge in [-0.25, -0.2) is 19.9 Å². The Labute approximate surface area is 187 Å². The maximum atomic E-state index is 13.2. The number of alkyl halides is 3. The minimum absolute atomic E-state index is 0.0246. The molecule has 3 aromatic rings. The average Bonchev–Trinajstić information content (AvgIpc) is 3.46. The Kier molecular flexibility index (Phi) is 5.23.